The molecule has 1 atom stereocenters. The molecule has 5 rings (SSSR count). The molecule has 0 saturated carbocycles. The third-order valence-corrected chi connectivity index (χ3v) is 5.20. The maximum Gasteiger partial charge on any atom is 0.209 e. The van der Waals surface area contributed by atoms with Crippen molar-refractivity contribution in [2.24, 2.45) is 0 Å². The van der Waals surface area contributed by atoms with Crippen molar-refractivity contribution >= 4 is 22.7 Å². The molecule has 114 valence electrons. The van der Waals surface area contributed by atoms with Crippen molar-refractivity contribution in [3.05, 3.63) is 65.2 Å². The molecular weight excluding hydrogens is 282 g/mol. The third-order valence-electron chi connectivity index (χ3n) is 5.20. The van der Waals surface area contributed by atoms with E-state index in [9.17, 15) is 0 Å². The lowest BCUT2D eigenvalue weighted by Crippen LogP contribution is -2.25. The average molecular weight is 301 g/mol. The minimum atomic E-state index is 0.405. The number of aryl methyl sites for hydroxylation is 1. The molecule has 2 heterocycles. The van der Waals surface area contributed by atoms with Crippen LogP contribution < -0.4 is 5.32 Å². The highest BCUT2D eigenvalue weighted by molar-refractivity contribution is 5.87. The molecule has 3 nitrogen and oxygen atoms in total. The summed E-state index contributed by atoms with van der Waals surface area (Å²) in [6.45, 7) is 2.28. The first kappa shape index (κ1) is 12.9. The van der Waals surface area contributed by atoms with E-state index in [0.717, 1.165) is 30.7 Å². The zero-order valence-electron chi connectivity index (χ0n) is 13.2. The number of nitrogens with one attached hydrogen (secondary N) is 1. The molecule has 2 aliphatic rings. The summed E-state index contributed by atoms with van der Waals surface area (Å²) in [4.78, 5) is 4.83. The van der Waals surface area contributed by atoms with Gasteiger partial charge in [-0.2, -0.15) is 0 Å². The van der Waals surface area contributed by atoms with Crippen molar-refractivity contribution in [1.29, 1.82) is 0 Å². The first-order chi connectivity index (χ1) is 11.4. The quantitative estimate of drug-likeness (QED) is 0.701. The van der Waals surface area contributed by atoms with Crippen LogP contribution in [0.2, 0.25) is 0 Å². The van der Waals surface area contributed by atoms with Gasteiger partial charge in [0.25, 0.3) is 0 Å². The van der Waals surface area contributed by atoms with Crippen molar-refractivity contribution in [2.75, 3.05) is 5.32 Å². The van der Waals surface area contributed by atoms with E-state index in [0.29, 0.717) is 6.04 Å². The first-order valence-electron chi connectivity index (χ1n) is 8.42. The smallest absolute Gasteiger partial charge is 0.209 e. The number of para-hydroxylation sites is 2. The summed E-state index contributed by atoms with van der Waals surface area (Å²) in [5.41, 5.74) is 7.92. The molecule has 2 aromatic carbocycles. The van der Waals surface area contributed by atoms with Gasteiger partial charge in [-0.1, -0.05) is 43.3 Å². The highest BCUT2D eigenvalue weighted by Gasteiger charge is 2.32. The Hall–Kier alpha value is -2.55. The molecular formula is C20H19N3. The second kappa shape index (κ2) is 4.72. The summed E-state index contributed by atoms with van der Waals surface area (Å²) in [6, 6.07) is 17.6. The van der Waals surface area contributed by atoms with Crippen LogP contribution in [0.25, 0.3) is 16.7 Å². The van der Waals surface area contributed by atoms with Gasteiger partial charge in [0.05, 0.1) is 17.1 Å². The van der Waals surface area contributed by atoms with Crippen LogP contribution in [0.4, 0.5) is 5.95 Å². The zero-order valence-corrected chi connectivity index (χ0v) is 13.2. The number of benzene rings is 2. The number of allylic oxidation sites excluding steroid dienone is 1. The molecule has 1 aliphatic heterocycles. The zero-order chi connectivity index (χ0) is 15.4. The molecule has 3 aromatic rings. The fraction of sp³-hybridized carbons (Fsp3) is 0.250. The van der Waals surface area contributed by atoms with Gasteiger partial charge in [-0.05, 0) is 42.5 Å². The van der Waals surface area contributed by atoms with Gasteiger partial charge in [0.1, 0.15) is 0 Å². The molecule has 0 amide bonds. The van der Waals surface area contributed by atoms with Gasteiger partial charge in [0.15, 0.2) is 0 Å². The number of aromatic nitrogens is 2. The van der Waals surface area contributed by atoms with E-state index in [1.807, 2.05) is 0 Å². The van der Waals surface area contributed by atoms with E-state index in [2.05, 4.69) is 65.3 Å². The Labute approximate surface area is 135 Å². The SMILES string of the molecule is CCC1C2=C(Nc3nc4ccccc4n31)c1ccccc1CC2. The first-order valence-corrected chi connectivity index (χ1v) is 8.42. The van der Waals surface area contributed by atoms with Crippen LogP contribution in [0.3, 0.4) is 0 Å². The second-order valence-electron chi connectivity index (χ2n) is 6.40. The van der Waals surface area contributed by atoms with Crippen molar-refractivity contribution in [2.45, 2.75) is 32.2 Å². The van der Waals surface area contributed by atoms with Gasteiger partial charge < -0.3 is 9.88 Å². The molecule has 0 spiro atoms. The molecule has 0 saturated heterocycles. The summed E-state index contributed by atoms with van der Waals surface area (Å²) >= 11 is 0. The van der Waals surface area contributed by atoms with Gasteiger partial charge in [-0.25, -0.2) is 4.98 Å². The number of imidazole rings is 1. The summed E-state index contributed by atoms with van der Waals surface area (Å²) in [5.74, 6) is 0.980. The number of nitrogens with zero attached hydrogens (tertiary/aromatic N) is 2. The molecule has 1 N–H and O–H groups in total. The van der Waals surface area contributed by atoms with Crippen LogP contribution in [0.1, 0.15) is 36.9 Å². The van der Waals surface area contributed by atoms with Crippen molar-refractivity contribution in [3.63, 3.8) is 0 Å². The molecule has 0 fully saturated rings. The Morgan fingerprint density at radius 3 is 2.83 bits per heavy atom. The average Bonchev–Trinajstić information content (AvgIpc) is 2.98. The lowest BCUT2D eigenvalue weighted by atomic mass is 9.84. The molecule has 23 heavy (non-hydrogen) atoms. The van der Waals surface area contributed by atoms with Crippen LogP contribution in [0, 0.1) is 0 Å². The second-order valence-corrected chi connectivity index (χ2v) is 6.40. The summed E-state index contributed by atoms with van der Waals surface area (Å²) in [7, 11) is 0. The van der Waals surface area contributed by atoms with Crippen LogP contribution in [0.15, 0.2) is 54.1 Å². The Bertz CT molecular complexity index is 948. The molecule has 3 heteroatoms. The lowest BCUT2D eigenvalue weighted by Gasteiger charge is -2.35. The highest BCUT2D eigenvalue weighted by Crippen LogP contribution is 2.44. The Kier molecular flexibility index (Phi) is 2.66. The van der Waals surface area contributed by atoms with E-state index in [1.165, 1.54) is 27.9 Å². The molecule has 1 aliphatic carbocycles. The van der Waals surface area contributed by atoms with Gasteiger partial charge in [-0.3, -0.25) is 0 Å². The maximum absolute atomic E-state index is 4.83. The predicted octanol–water partition coefficient (Wildman–Crippen LogP) is 4.77. The molecule has 1 unspecified atom stereocenters. The molecule has 0 radical (unpaired) electrons. The number of fused-ring (bicyclic) bond motifs is 5. The fourth-order valence-corrected chi connectivity index (χ4v) is 4.18. The minimum Gasteiger partial charge on any atom is -0.325 e. The maximum atomic E-state index is 4.83. The number of hydrogen-bond donors (Lipinski definition) is 1. The summed E-state index contributed by atoms with van der Waals surface area (Å²) < 4.78 is 2.39. The van der Waals surface area contributed by atoms with E-state index in [4.69, 9.17) is 4.98 Å². The predicted molar refractivity (Wildman–Crippen MR) is 94.4 cm³/mol. The standard InChI is InChI=1S/C20H19N3/c1-2-17-15-12-11-13-7-3-4-8-14(13)19(15)22-20-21-16-9-5-6-10-18(16)23(17)20/h3-10,17H,2,11-12H2,1H3,(H,21,22). The topological polar surface area (TPSA) is 29.9 Å². The largest absolute Gasteiger partial charge is 0.325 e. The number of rotatable bonds is 1. The molecule has 0 bridgehead atoms. The Balaban J connectivity index is 1.76. The molecule has 1 aromatic heterocycles. The Morgan fingerprint density at radius 1 is 1.09 bits per heavy atom. The van der Waals surface area contributed by atoms with E-state index in [-0.39, 0.29) is 0 Å². The van der Waals surface area contributed by atoms with Crippen LogP contribution >= 0.6 is 0 Å². The summed E-state index contributed by atoms with van der Waals surface area (Å²) in [5, 5.41) is 3.64. The van der Waals surface area contributed by atoms with Crippen molar-refractivity contribution in [3.8, 4) is 0 Å². The minimum absolute atomic E-state index is 0.405. The van der Waals surface area contributed by atoms with Gasteiger partial charge in [0, 0.05) is 11.3 Å². The van der Waals surface area contributed by atoms with Gasteiger partial charge >= 0.3 is 0 Å². The normalized spacial score (nSPS) is 19.1. The van der Waals surface area contributed by atoms with E-state index >= 15 is 0 Å². The lowest BCUT2D eigenvalue weighted by molar-refractivity contribution is 0.545. The van der Waals surface area contributed by atoms with Crippen LogP contribution in [-0.4, -0.2) is 9.55 Å². The van der Waals surface area contributed by atoms with E-state index < -0.39 is 0 Å². The monoisotopic (exact) mass is 301 g/mol. The van der Waals surface area contributed by atoms with E-state index in [1.54, 1.807) is 0 Å². The highest BCUT2D eigenvalue weighted by atomic mass is 15.2. The number of hydrogen-bond acceptors (Lipinski definition) is 2. The van der Waals surface area contributed by atoms with Crippen LogP contribution in [-0.2, 0) is 6.42 Å². The fourth-order valence-electron chi connectivity index (χ4n) is 4.18. The van der Waals surface area contributed by atoms with Crippen molar-refractivity contribution in [1.82, 2.24) is 9.55 Å². The Morgan fingerprint density at radius 2 is 1.91 bits per heavy atom. The van der Waals surface area contributed by atoms with Gasteiger partial charge in [-0.15, -0.1) is 0 Å². The third kappa shape index (κ3) is 1.73. The summed E-state index contributed by atoms with van der Waals surface area (Å²) in [6.07, 6.45) is 3.36. The number of anilines is 1. The van der Waals surface area contributed by atoms with Gasteiger partial charge in [0.2, 0.25) is 5.95 Å². The van der Waals surface area contributed by atoms with Crippen LogP contribution in [0.5, 0.6) is 0 Å². The van der Waals surface area contributed by atoms with Crippen molar-refractivity contribution < 1.29 is 0 Å².